The second kappa shape index (κ2) is 3.32. The van der Waals surface area contributed by atoms with Gasteiger partial charge in [-0.15, -0.1) is 0 Å². The number of rotatable bonds is 1. The standard InChI is InChI=1S/C15H11NO/c1-3-16-12-7-5-4-6-11(12)15-10(2)14(17)9-8-13(15)16/h3-9H,1-2H2. The molecular formula is C15H11NO. The monoisotopic (exact) mass is 221 g/mol. The van der Waals surface area contributed by atoms with E-state index < -0.39 is 0 Å². The zero-order chi connectivity index (χ0) is 12.0. The van der Waals surface area contributed by atoms with Crippen LogP contribution in [0.5, 0.6) is 0 Å². The van der Waals surface area contributed by atoms with Crippen LogP contribution >= 0.6 is 0 Å². The minimum absolute atomic E-state index is 0.0236. The van der Waals surface area contributed by atoms with Gasteiger partial charge in [-0.3, -0.25) is 4.79 Å². The predicted octanol–water partition coefficient (Wildman–Crippen LogP) is 3.35. The van der Waals surface area contributed by atoms with Crippen molar-refractivity contribution in [3.05, 3.63) is 54.8 Å². The fourth-order valence-electron chi connectivity index (χ4n) is 2.34. The molecule has 0 radical (unpaired) electrons. The first-order chi connectivity index (χ1) is 8.24. The lowest BCUT2D eigenvalue weighted by molar-refractivity contribution is -0.109. The summed E-state index contributed by atoms with van der Waals surface area (Å²) in [7, 11) is 0. The van der Waals surface area contributed by atoms with Gasteiger partial charge in [0.05, 0.1) is 11.2 Å². The van der Waals surface area contributed by atoms with Crippen LogP contribution < -0.4 is 0 Å². The van der Waals surface area contributed by atoms with Crippen LogP contribution in [0.2, 0.25) is 0 Å². The number of ketones is 1. The number of allylic oxidation sites excluding steroid dienone is 2. The van der Waals surface area contributed by atoms with Gasteiger partial charge in [0.15, 0.2) is 5.78 Å². The Balaban J connectivity index is 2.53. The molecule has 3 rings (SSSR count). The summed E-state index contributed by atoms with van der Waals surface area (Å²) in [4.78, 5) is 11.7. The summed E-state index contributed by atoms with van der Waals surface area (Å²) in [6.45, 7) is 7.71. The molecule has 2 nitrogen and oxygen atoms in total. The van der Waals surface area contributed by atoms with E-state index in [4.69, 9.17) is 0 Å². The SMILES string of the molecule is C=Cn1c2c(c3ccccc31)C(=C)C(=O)C=C2. The van der Waals surface area contributed by atoms with E-state index in [1.165, 1.54) is 0 Å². The first kappa shape index (κ1) is 9.85. The topological polar surface area (TPSA) is 22.0 Å². The van der Waals surface area contributed by atoms with E-state index in [2.05, 4.69) is 13.2 Å². The molecule has 2 heteroatoms. The van der Waals surface area contributed by atoms with Gasteiger partial charge >= 0.3 is 0 Å². The minimum atomic E-state index is -0.0236. The van der Waals surface area contributed by atoms with Gasteiger partial charge in [-0.05, 0) is 18.2 Å². The summed E-state index contributed by atoms with van der Waals surface area (Å²) in [6, 6.07) is 7.96. The maximum atomic E-state index is 11.7. The molecule has 0 bridgehead atoms. The number of carbonyl (C=O) groups excluding carboxylic acids is 1. The number of nitrogens with zero attached hydrogens (tertiary/aromatic N) is 1. The second-order valence-corrected chi connectivity index (χ2v) is 4.01. The zero-order valence-electron chi connectivity index (χ0n) is 9.31. The number of carbonyl (C=O) groups is 1. The van der Waals surface area contributed by atoms with Crippen molar-refractivity contribution in [2.45, 2.75) is 0 Å². The lowest BCUT2D eigenvalue weighted by atomic mass is 9.95. The Morgan fingerprint density at radius 3 is 2.71 bits per heavy atom. The van der Waals surface area contributed by atoms with Crippen LogP contribution in [0, 0.1) is 0 Å². The average molecular weight is 221 g/mol. The molecule has 82 valence electrons. The maximum absolute atomic E-state index is 11.7. The van der Waals surface area contributed by atoms with Crippen molar-refractivity contribution in [2.24, 2.45) is 0 Å². The number of hydrogen-bond acceptors (Lipinski definition) is 1. The molecule has 1 aliphatic carbocycles. The van der Waals surface area contributed by atoms with Crippen molar-refractivity contribution in [3.8, 4) is 0 Å². The predicted molar refractivity (Wildman–Crippen MR) is 71.4 cm³/mol. The molecule has 0 saturated carbocycles. The average Bonchev–Trinajstić information content (AvgIpc) is 2.68. The number of benzene rings is 1. The molecule has 0 saturated heterocycles. The van der Waals surface area contributed by atoms with Crippen molar-refractivity contribution >= 4 is 34.5 Å². The van der Waals surface area contributed by atoms with E-state index in [0.717, 1.165) is 22.2 Å². The van der Waals surface area contributed by atoms with E-state index in [1.54, 1.807) is 12.3 Å². The quantitative estimate of drug-likeness (QED) is 0.677. The van der Waals surface area contributed by atoms with Crippen molar-refractivity contribution < 1.29 is 4.79 Å². The molecule has 0 unspecified atom stereocenters. The molecule has 0 amide bonds. The molecule has 0 N–H and O–H groups in total. The molecule has 0 spiro atoms. The Hall–Kier alpha value is -2.35. The molecule has 1 aliphatic rings. The maximum Gasteiger partial charge on any atom is 0.186 e. The highest BCUT2D eigenvalue weighted by molar-refractivity contribution is 6.31. The molecule has 0 aliphatic heterocycles. The fraction of sp³-hybridized carbons (Fsp3) is 0. The Morgan fingerprint density at radius 2 is 1.94 bits per heavy atom. The van der Waals surface area contributed by atoms with Crippen LogP contribution in [0.15, 0.2) is 43.5 Å². The van der Waals surface area contributed by atoms with E-state index in [9.17, 15) is 4.79 Å². The third-order valence-electron chi connectivity index (χ3n) is 3.12. The first-order valence-electron chi connectivity index (χ1n) is 5.41. The normalized spacial score (nSPS) is 14.1. The molecule has 2 aromatic rings. The Morgan fingerprint density at radius 1 is 1.18 bits per heavy atom. The van der Waals surface area contributed by atoms with Crippen molar-refractivity contribution in [2.75, 3.05) is 0 Å². The molecule has 0 fully saturated rings. The van der Waals surface area contributed by atoms with Crippen LogP contribution in [0.25, 0.3) is 28.8 Å². The Labute approximate surface area is 99.2 Å². The lowest BCUT2D eigenvalue weighted by Crippen LogP contribution is -2.03. The van der Waals surface area contributed by atoms with Crippen molar-refractivity contribution in [1.82, 2.24) is 4.57 Å². The van der Waals surface area contributed by atoms with Crippen LogP contribution in [0.4, 0.5) is 0 Å². The van der Waals surface area contributed by atoms with Gasteiger partial charge in [-0.25, -0.2) is 0 Å². The molecule has 1 aromatic carbocycles. The van der Waals surface area contributed by atoms with Crippen LogP contribution in [0.1, 0.15) is 11.3 Å². The first-order valence-corrected chi connectivity index (χ1v) is 5.41. The van der Waals surface area contributed by atoms with E-state index in [0.29, 0.717) is 5.57 Å². The third-order valence-corrected chi connectivity index (χ3v) is 3.12. The Kier molecular flexibility index (Phi) is 1.92. The minimum Gasteiger partial charge on any atom is -0.317 e. The van der Waals surface area contributed by atoms with Crippen LogP contribution in [-0.4, -0.2) is 10.4 Å². The van der Waals surface area contributed by atoms with Gasteiger partial charge < -0.3 is 4.57 Å². The smallest absolute Gasteiger partial charge is 0.186 e. The molecule has 1 aromatic heterocycles. The molecule has 17 heavy (non-hydrogen) atoms. The number of hydrogen-bond donors (Lipinski definition) is 0. The summed E-state index contributed by atoms with van der Waals surface area (Å²) in [5.74, 6) is -0.0236. The van der Waals surface area contributed by atoms with Crippen molar-refractivity contribution in [3.63, 3.8) is 0 Å². The highest BCUT2D eigenvalue weighted by atomic mass is 16.1. The number of aromatic nitrogens is 1. The summed E-state index contributed by atoms with van der Waals surface area (Å²) < 4.78 is 1.98. The summed E-state index contributed by atoms with van der Waals surface area (Å²) in [6.07, 6.45) is 5.14. The van der Waals surface area contributed by atoms with E-state index in [-0.39, 0.29) is 5.78 Å². The fourth-order valence-corrected chi connectivity index (χ4v) is 2.34. The highest BCUT2D eigenvalue weighted by Crippen LogP contribution is 2.35. The number of para-hydroxylation sites is 1. The van der Waals surface area contributed by atoms with Gasteiger partial charge in [0.1, 0.15) is 0 Å². The third kappa shape index (κ3) is 1.18. The van der Waals surface area contributed by atoms with Crippen LogP contribution in [-0.2, 0) is 4.79 Å². The summed E-state index contributed by atoms with van der Waals surface area (Å²) in [5.41, 5.74) is 3.51. The lowest BCUT2D eigenvalue weighted by Gasteiger charge is -2.09. The zero-order valence-corrected chi connectivity index (χ0v) is 9.31. The Bertz CT molecular complexity index is 701. The van der Waals surface area contributed by atoms with Gasteiger partial charge in [0.2, 0.25) is 0 Å². The molecule has 0 atom stereocenters. The molecular weight excluding hydrogens is 210 g/mol. The second-order valence-electron chi connectivity index (χ2n) is 4.01. The van der Waals surface area contributed by atoms with Crippen molar-refractivity contribution in [1.29, 1.82) is 0 Å². The molecule has 1 heterocycles. The number of fused-ring (bicyclic) bond motifs is 3. The van der Waals surface area contributed by atoms with Gasteiger partial charge in [-0.1, -0.05) is 31.4 Å². The van der Waals surface area contributed by atoms with E-state index >= 15 is 0 Å². The van der Waals surface area contributed by atoms with Gasteiger partial charge in [0.25, 0.3) is 0 Å². The summed E-state index contributed by atoms with van der Waals surface area (Å²) >= 11 is 0. The van der Waals surface area contributed by atoms with E-state index in [1.807, 2.05) is 34.9 Å². The highest BCUT2D eigenvalue weighted by Gasteiger charge is 2.22. The van der Waals surface area contributed by atoms with Gasteiger partial charge in [-0.2, -0.15) is 0 Å². The summed E-state index contributed by atoms with van der Waals surface area (Å²) in [5, 5.41) is 1.05. The van der Waals surface area contributed by atoms with Gasteiger partial charge in [0, 0.05) is 22.7 Å². The largest absolute Gasteiger partial charge is 0.317 e. The van der Waals surface area contributed by atoms with Crippen LogP contribution in [0.3, 0.4) is 0 Å².